The third-order valence-electron chi connectivity index (χ3n) is 1.88. The molecule has 14 heavy (non-hydrogen) atoms. The van der Waals surface area contributed by atoms with Crippen molar-refractivity contribution in [3.63, 3.8) is 0 Å². The SMILES string of the molecule is Cc1ncc(Cc2cccs2)c(Cl)n1. The van der Waals surface area contributed by atoms with Gasteiger partial charge in [0.25, 0.3) is 0 Å². The van der Waals surface area contributed by atoms with Crippen LogP contribution in [0.2, 0.25) is 5.15 Å². The van der Waals surface area contributed by atoms with Crippen molar-refractivity contribution in [3.05, 3.63) is 45.1 Å². The van der Waals surface area contributed by atoms with Gasteiger partial charge in [0.15, 0.2) is 0 Å². The summed E-state index contributed by atoms with van der Waals surface area (Å²) in [4.78, 5) is 9.52. The molecular formula is C10H9ClN2S. The summed E-state index contributed by atoms with van der Waals surface area (Å²) in [5, 5.41) is 2.61. The quantitative estimate of drug-likeness (QED) is 0.733. The van der Waals surface area contributed by atoms with E-state index >= 15 is 0 Å². The summed E-state index contributed by atoms with van der Waals surface area (Å²) in [5.74, 6) is 0.713. The molecule has 72 valence electrons. The smallest absolute Gasteiger partial charge is 0.136 e. The molecule has 2 aromatic rings. The molecule has 4 heteroatoms. The molecule has 2 rings (SSSR count). The van der Waals surface area contributed by atoms with Crippen molar-refractivity contribution in [2.24, 2.45) is 0 Å². The normalized spacial score (nSPS) is 10.4. The van der Waals surface area contributed by atoms with Crippen LogP contribution < -0.4 is 0 Å². The Morgan fingerprint density at radius 1 is 1.50 bits per heavy atom. The zero-order chi connectivity index (χ0) is 9.97. The van der Waals surface area contributed by atoms with E-state index < -0.39 is 0 Å². The zero-order valence-corrected chi connectivity index (χ0v) is 9.27. The molecule has 0 spiro atoms. The highest BCUT2D eigenvalue weighted by molar-refractivity contribution is 7.09. The van der Waals surface area contributed by atoms with E-state index in [1.165, 1.54) is 4.88 Å². The fourth-order valence-electron chi connectivity index (χ4n) is 1.19. The van der Waals surface area contributed by atoms with Crippen LogP contribution in [0.15, 0.2) is 23.7 Å². The van der Waals surface area contributed by atoms with Crippen molar-refractivity contribution in [1.29, 1.82) is 0 Å². The number of rotatable bonds is 2. The van der Waals surface area contributed by atoms with Gasteiger partial charge in [-0.05, 0) is 18.4 Å². The summed E-state index contributed by atoms with van der Waals surface area (Å²) in [6.45, 7) is 1.83. The van der Waals surface area contributed by atoms with Crippen molar-refractivity contribution in [2.45, 2.75) is 13.3 Å². The molecule has 0 aliphatic rings. The van der Waals surface area contributed by atoms with Gasteiger partial charge in [0.2, 0.25) is 0 Å². The number of aromatic nitrogens is 2. The molecule has 2 aromatic heterocycles. The van der Waals surface area contributed by atoms with Gasteiger partial charge in [-0.3, -0.25) is 0 Å². The van der Waals surface area contributed by atoms with Crippen molar-refractivity contribution >= 4 is 22.9 Å². The molecule has 0 aromatic carbocycles. The number of hydrogen-bond donors (Lipinski definition) is 0. The lowest BCUT2D eigenvalue weighted by atomic mass is 10.2. The largest absolute Gasteiger partial charge is 0.241 e. The van der Waals surface area contributed by atoms with Crippen LogP contribution in [0.3, 0.4) is 0 Å². The van der Waals surface area contributed by atoms with E-state index in [1.807, 2.05) is 13.0 Å². The molecule has 0 bridgehead atoms. The van der Waals surface area contributed by atoms with Gasteiger partial charge >= 0.3 is 0 Å². The Kier molecular flexibility index (Phi) is 2.79. The van der Waals surface area contributed by atoms with Crippen LogP contribution in [0.1, 0.15) is 16.3 Å². The second-order valence-corrected chi connectivity index (χ2v) is 4.38. The lowest BCUT2D eigenvalue weighted by Crippen LogP contribution is -1.94. The van der Waals surface area contributed by atoms with Crippen LogP contribution >= 0.6 is 22.9 Å². The average molecular weight is 225 g/mol. The first-order valence-electron chi connectivity index (χ1n) is 4.26. The second kappa shape index (κ2) is 4.07. The van der Waals surface area contributed by atoms with Crippen molar-refractivity contribution in [3.8, 4) is 0 Å². The van der Waals surface area contributed by atoms with Crippen LogP contribution in [0.25, 0.3) is 0 Å². The predicted octanol–water partition coefficient (Wildman–Crippen LogP) is 3.09. The highest BCUT2D eigenvalue weighted by atomic mass is 35.5. The fraction of sp³-hybridized carbons (Fsp3) is 0.200. The Labute approximate surface area is 91.6 Å². The van der Waals surface area contributed by atoms with Crippen LogP contribution in [-0.2, 0) is 6.42 Å². The maximum Gasteiger partial charge on any atom is 0.136 e. The summed E-state index contributed by atoms with van der Waals surface area (Å²) in [7, 11) is 0. The molecule has 2 nitrogen and oxygen atoms in total. The lowest BCUT2D eigenvalue weighted by molar-refractivity contribution is 1.01. The molecule has 0 aliphatic carbocycles. The van der Waals surface area contributed by atoms with Gasteiger partial charge in [-0.1, -0.05) is 17.7 Å². The van der Waals surface area contributed by atoms with Gasteiger partial charge in [0.1, 0.15) is 11.0 Å². The molecule has 2 heterocycles. The van der Waals surface area contributed by atoms with Crippen LogP contribution in [0, 0.1) is 6.92 Å². The zero-order valence-electron chi connectivity index (χ0n) is 7.70. The first kappa shape index (κ1) is 9.62. The van der Waals surface area contributed by atoms with Crippen molar-refractivity contribution < 1.29 is 0 Å². The molecule has 0 amide bonds. The van der Waals surface area contributed by atoms with Gasteiger partial charge in [0.05, 0.1) is 0 Å². The highest BCUT2D eigenvalue weighted by Gasteiger charge is 2.04. The van der Waals surface area contributed by atoms with E-state index in [1.54, 1.807) is 17.5 Å². The number of halogens is 1. The van der Waals surface area contributed by atoms with E-state index in [2.05, 4.69) is 21.4 Å². The van der Waals surface area contributed by atoms with Gasteiger partial charge in [0, 0.05) is 23.1 Å². The second-order valence-electron chi connectivity index (χ2n) is 2.99. The minimum absolute atomic E-state index is 0.561. The van der Waals surface area contributed by atoms with Crippen molar-refractivity contribution in [1.82, 2.24) is 9.97 Å². The third kappa shape index (κ3) is 2.11. The average Bonchev–Trinajstić information content (AvgIpc) is 2.62. The predicted molar refractivity (Wildman–Crippen MR) is 58.9 cm³/mol. The number of nitrogens with zero attached hydrogens (tertiary/aromatic N) is 2. The molecule has 0 fully saturated rings. The Bertz CT molecular complexity index is 426. The van der Waals surface area contributed by atoms with E-state index in [0.29, 0.717) is 11.0 Å². The Morgan fingerprint density at radius 2 is 2.36 bits per heavy atom. The standard InChI is InChI=1S/C10H9ClN2S/c1-7-12-6-8(10(11)13-7)5-9-3-2-4-14-9/h2-4,6H,5H2,1H3. The van der Waals surface area contributed by atoms with Crippen LogP contribution in [0.5, 0.6) is 0 Å². The van der Waals surface area contributed by atoms with Crippen LogP contribution in [0.4, 0.5) is 0 Å². The minimum atomic E-state index is 0.561. The lowest BCUT2D eigenvalue weighted by Gasteiger charge is -2.01. The molecule has 0 saturated carbocycles. The Hall–Kier alpha value is -0.930. The maximum absolute atomic E-state index is 6.00. The molecule has 0 atom stereocenters. The Morgan fingerprint density at radius 3 is 3.00 bits per heavy atom. The highest BCUT2D eigenvalue weighted by Crippen LogP contribution is 2.19. The van der Waals surface area contributed by atoms with Gasteiger partial charge in [-0.2, -0.15) is 0 Å². The van der Waals surface area contributed by atoms with E-state index in [-0.39, 0.29) is 0 Å². The summed E-state index contributed by atoms with van der Waals surface area (Å²) in [5.41, 5.74) is 0.986. The van der Waals surface area contributed by atoms with E-state index in [0.717, 1.165) is 12.0 Å². The van der Waals surface area contributed by atoms with Crippen LogP contribution in [-0.4, -0.2) is 9.97 Å². The topological polar surface area (TPSA) is 25.8 Å². The third-order valence-corrected chi connectivity index (χ3v) is 3.08. The van der Waals surface area contributed by atoms with Gasteiger partial charge in [-0.25, -0.2) is 9.97 Å². The first-order valence-corrected chi connectivity index (χ1v) is 5.52. The number of hydrogen-bond acceptors (Lipinski definition) is 3. The summed E-state index contributed by atoms with van der Waals surface area (Å²) < 4.78 is 0. The molecule has 0 aliphatic heterocycles. The summed E-state index contributed by atoms with van der Waals surface area (Å²) in [6.07, 6.45) is 2.61. The molecule has 0 radical (unpaired) electrons. The minimum Gasteiger partial charge on any atom is -0.241 e. The van der Waals surface area contributed by atoms with Gasteiger partial charge < -0.3 is 0 Å². The first-order chi connectivity index (χ1) is 6.75. The number of aryl methyl sites for hydroxylation is 1. The van der Waals surface area contributed by atoms with Crippen molar-refractivity contribution in [2.75, 3.05) is 0 Å². The molecule has 0 N–H and O–H groups in total. The molecular weight excluding hydrogens is 216 g/mol. The Balaban J connectivity index is 2.25. The number of thiophene rings is 1. The van der Waals surface area contributed by atoms with E-state index in [4.69, 9.17) is 11.6 Å². The molecule has 0 saturated heterocycles. The maximum atomic E-state index is 6.00. The summed E-state index contributed by atoms with van der Waals surface area (Å²) >= 11 is 7.72. The van der Waals surface area contributed by atoms with Gasteiger partial charge in [-0.15, -0.1) is 11.3 Å². The summed E-state index contributed by atoms with van der Waals surface area (Å²) in [6, 6.07) is 4.11. The fourth-order valence-corrected chi connectivity index (χ4v) is 2.15. The monoisotopic (exact) mass is 224 g/mol. The molecule has 0 unspecified atom stereocenters. The van der Waals surface area contributed by atoms with E-state index in [9.17, 15) is 0 Å².